The second-order valence-electron chi connectivity index (χ2n) is 7.98. The van der Waals surface area contributed by atoms with Crippen LogP contribution in [0.15, 0.2) is 11.1 Å². The monoisotopic (exact) mass is 366 g/mol. The Hall–Kier alpha value is -0.790. The number of hydrogen-bond donors (Lipinski definition) is 1. The highest BCUT2D eigenvalue weighted by molar-refractivity contribution is 5.86. The molecule has 0 aliphatic rings. The average molecular weight is 367 g/mol. The van der Waals surface area contributed by atoms with Crippen LogP contribution < -0.4 is 0 Å². The Morgan fingerprint density at radius 2 is 0.885 bits per heavy atom. The first-order valence-corrected chi connectivity index (χ1v) is 11.5. The zero-order valence-corrected chi connectivity index (χ0v) is 18.1. The van der Waals surface area contributed by atoms with Crippen LogP contribution >= 0.6 is 0 Å². The highest BCUT2D eigenvalue weighted by atomic mass is 16.4. The fourth-order valence-electron chi connectivity index (χ4n) is 3.60. The minimum atomic E-state index is -0.723. The van der Waals surface area contributed by atoms with Gasteiger partial charge in [0.2, 0.25) is 0 Å². The van der Waals surface area contributed by atoms with Crippen LogP contribution in [-0.2, 0) is 4.79 Å². The molecule has 0 rings (SSSR count). The molecule has 0 saturated carbocycles. The third-order valence-corrected chi connectivity index (χ3v) is 5.52. The Bertz CT molecular complexity index is 357. The quantitative estimate of drug-likeness (QED) is 0.184. The van der Waals surface area contributed by atoms with Gasteiger partial charge >= 0.3 is 5.97 Å². The second-order valence-corrected chi connectivity index (χ2v) is 7.98. The number of rotatable bonds is 19. The van der Waals surface area contributed by atoms with Crippen molar-refractivity contribution in [2.24, 2.45) is 0 Å². The van der Waals surface area contributed by atoms with Crippen molar-refractivity contribution in [3.05, 3.63) is 11.1 Å². The Kier molecular flexibility index (Phi) is 18.4. The summed E-state index contributed by atoms with van der Waals surface area (Å²) in [6.45, 7) is 6.31. The SMILES string of the molecule is CCCCCCCCCCCC(CCCCCCCCC)=C(C)C(=O)O. The summed E-state index contributed by atoms with van der Waals surface area (Å²) in [6.07, 6.45) is 22.9. The molecule has 0 fully saturated rings. The molecule has 0 bridgehead atoms. The number of aliphatic carboxylic acids is 1. The lowest BCUT2D eigenvalue weighted by Crippen LogP contribution is -2.02. The molecule has 0 aliphatic carbocycles. The summed E-state index contributed by atoms with van der Waals surface area (Å²) >= 11 is 0. The lowest BCUT2D eigenvalue weighted by Gasteiger charge is -2.11. The highest BCUT2D eigenvalue weighted by Gasteiger charge is 2.09. The van der Waals surface area contributed by atoms with E-state index in [1.165, 1.54) is 95.5 Å². The molecule has 2 heteroatoms. The number of carboxylic acids is 1. The van der Waals surface area contributed by atoms with Gasteiger partial charge in [0.1, 0.15) is 0 Å². The normalized spacial score (nSPS) is 12.3. The molecular formula is C24H46O2. The van der Waals surface area contributed by atoms with E-state index in [4.69, 9.17) is 0 Å². The van der Waals surface area contributed by atoms with Crippen LogP contribution in [0.5, 0.6) is 0 Å². The van der Waals surface area contributed by atoms with Crippen molar-refractivity contribution in [3.8, 4) is 0 Å². The van der Waals surface area contributed by atoms with Gasteiger partial charge in [0.25, 0.3) is 0 Å². The average Bonchev–Trinajstić information content (AvgIpc) is 2.63. The van der Waals surface area contributed by atoms with Gasteiger partial charge in [-0.15, -0.1) is 0 Å². The van der Waals surface area contributed by atoms with Crippen LogP contribution in [0.1, 0.15) is 136 Å². The number of allylic oxidation sites excluding steroid dienone is 1. The van der Waals surface area contributed by atoms with Crippen molar-refractivity contribution in [2.45, 2.75) is 136 Å². The minimum Gasteiger partial charge on any atom is -0.478 e. The van der Waals surface area contributed by atoms with Gasteiger partial charge in [0.05, 0.1) is 0 Å². The van der Waals surface area contributed by atoms with Crippen molar-refractivity contribution >= 4 is 5.97 Å². The molecule has 0 unspecified atom stereocenters. The Balaban J connectivity index is 3.89. The van der Waals surface area contributed by atoms with Crippen molar-refractivity contribution in [1.29, 1.82) is 0 Å². The van der Waals surface area contributed by atoms with Crippen LogP contribution in [0.25, 0.3) is 0 Å². The van der Waals surface area contributed by atoms with Gasteiger partial charge in [-0.05, 0) is 32.6 Å². The van der Waals surface area contributed by atoms with E-state index in [1.807, 2.05) is 0 Å². The van der Waals surface area contributed by atoms with E-state index in [9.17, 15) is 9.90 Å². The standard InChI is InChI=1S/C24H46O2/c1-4-6-8-10-12-13-15-17-19-21-23(22(3)24(25)26)20-18-16-14-11-9-7-5-2/h4-21H2,1-3H3,(H,25,26). The number of unbranched alkanes of at least 4 members (excludes halogenated alkanes) is 14. The maximum absolute atomic E-state index is 11.4. The predicted octanol–water partition coefficient (Wildman–Crippen LogP) is 8.45. The molecule has 154 valence electrons. The van der Waals surface area contributed by atoms with Crippen LogP contribution in [0.2, 0.25) is 0 Å². The minimum absolute atomic E-state index is 0.607. The Labute approximate surface area is 163 Å². The maximum Gasteiger partial charge on any atom is 0.331 e. The van der Waals surface area contributed by atoms with Crippen LogP contribution in [0.3, 0.4) is 0 Å². The molecule has 0 aromatic carbocycles. The van der Waals surface area contributed by atoms with Gasteiger partial charge in [0, 0.05) is 5.57 Å². The van der Waals surface area contributed by atoms with Gasteiger partial charge in [-0.3, -0.25) is 0 Å². The summed E-state index contributed by atoms with van der Waals surface area (Å²) < 4.78 is 0. The predicted molar refractivity (Wildman–Crippen MR) is 115 cm³/mol. The maximum atomic E-state index is 11.4. The first-order chi connectivity index (χ1) is 12.6. The van der Waals surface area contributed by atoms with Gasteiger partial charge in [-0.25, -0.2) is 4.79 Å². The fraction of sp³-hybridized carbons (Fsp3) is 0.875. The summed E-state index contributed by atoms with van der Waals surface area (Å²) in [5, 5.41) is 9.34. The molecule has 0 aromatic heterocycles. The summed E-state index contributed by atoms with van der Waals surface area (Å²) in [5.41, 5.74) is 1.81. The van der Waals surface area contributed by atoms with E-state index in [-0.39, 0.29) is 0 Å². The summed E-state index contributed by atoms with van der Waals surface area (Å²) in [6, 6.07) is 0. The molecular weight excluding hydrogens is 320 g/mol. The van der Waals surface area contributed by atoms with Crippen LogP contribution in [0.4, 0.5) is 0 Å². The molecule has 0 saturated heterocycles. The first kappa shape index (κ1) is 25.2. The van der Waals surface area contributed by atoms with E-state index in [1.54, 1.807) is 6.92 Å². The van der Waals surface area contributed by atoms with E-state index in [0.717, 1.165) is 25.7 Å². The van der Waals surface area contributed by atoms with E-state index in [2.05, 4.69) is 13.8 Å². The first-order valence-electron chi connectivity index (χ1n) is 11.5. The second kappa shape index (κ2) is 19.0. The van der Waals surface area contributed by atoms with Crippen LogP contribution in [-0.4, -0.2) is 11.1 Å². The summed E-state index contributed by atoms with van der Waals surface area (Å²) in [4.78, 5) is 11.4. The number of carboxylic acid groups (broad SMARTS) is 1. The van der Waals surface area contributed by atoms with Gasteiger partial charge in [0.15, 0.2) is 0 Å². The lowest BCUT2D eigenvalue weighted by atomic mass is 9.95. The summed E-state index contributed by atoms with van der Waals surface area (Å²) in [7, 11) is 0. The molecule has 26 heavy (non-hydrogen) atoms. The number of hydrogen-bond acceptors (Lipinski definition) is 1. The largest absolute Gasteiger partial charge is 0.478 e. The molecule has 0 radical (unpaired) electrons. The van der Waals surface area contributed by atoms with Gasteiger partial charge < -0.3 is 5.11 Å². The zero-order chi connectivity index (χ0) is 19.5. The molecule has 0 heterocycles. The third kappa shape index (κ3) is 15.5. The molecule has 1 N–H and O–H groups in total. The smallest absolute Gasteiger partial charge is 0.331 e. The van der Waals surface area contributed by atoms with Crippen molar-refractivity contribution in [1.82, 2.24) is 0 Å². The molecule has 0 atom stereocenters. The van der Waals surface area contributed by atoms with E-state index >= 15 is 0 Å². The lowest BCUT2D eigenvalue weighted by molar-refractivity contribution is -0.132. The van der Waals surface area contributed by atoms with Crippen molar-refractivity contribution < 1.29 is 9.90 Å². The molecule has 0 spiro atoms. The summed E-state index contributed by atoms with van der Waals surface area (Å²) in [5.74, 6) is -0.723. The molecule has 2 nitrogen and oxygen atoms in total. The van der Waals surface area contributed by atoms with Crippen molar-refractivity contribution in [3.63, 3.8) is 0 Å². The molecule has 0 aromatic rings. The molecule has 0 aliphatic heterocycles. The van der Waals surface area contributed by atoms with Crippen molar-refractivity contribution in [2.75, 3.05) is 0 Å². The molecule has 0 amide bonds. The van der Waals surface area contributed by atoms with Crippen LogP contribution in [0, 0.1) is 0 Å². The zero-order valence-electron chi connectivity index (χ0n) is 18.1. The number of carbonyl (C=O) groups is 1. The highest BCUT2D eigenvalue weighted by Crippen LogP contribution is 2.22. The van der Waals surface area contributed by atoms with E-state index in [0.29, 0.717) is 5.57 Å². The third-order valence-electron chi connectivity index (χ3n) is 5.52. The van der Waals surface area contributed by atoms with Gasteiger partial charge in [-0.1, -0.05) is 109 Å². The van der Waals surface area contributed by atoms with E-state index < -0.39 is 5.97 Å². The Morgan fingerprint density at radius 1 is 0.577 bits per heavy atom. The topological polar surface area (TPSA) is 37.3 Å². The fourth-order valence-corrected chi connectivity index (χ4v) is 3.60. The Morgan fingerprint density at radius 3 is 1.19 bits per heavy atom. The van der Waals surface area contributed by atoms with Gasteiger partial charge in [-0.2, -0.15) is 0 Å².